The van der Waals surface area contributed by atoms with Crippen LogP contribution in [0.15, 0.2) is 45.3 Å². The molecule has 9 heteroatoms. The Labute approximate surface area is 201 Å². The van der Waals surface area contributed by atoms with Crippen molar-refractivity contribution in [1.29, 1.82) is 0 Å². The van der Waals surface area contributed by atoms with E-state index < -0.39 is 12.0 Å². The highest BCUT2D eigenvalue weighted by Crippen LogP contribution is 2.31. The van der Waals surface area contributed by atoms with Crippen LogP contribution in [0, 0.1) is 13.8 Å². The number of fused-ring (bicyclic) bond motifs is 1. The number of esters is 1. The topological polar surface area (TPSA) is 87.7 Å². The summed E-state index contributed by atoms with van der Waals surface area (Å²) in [6.07, 6.45) is 1.88. The monoisotopic (exact) mass is 480 g/mol. The van der Waals surface area contributed by atoms with Crippen LogP contribution in [-0.2, 0) is 16.1 Å². The molecular weight excluding hydrogens is 452 g/mol. The largest absolute Gasteiger partial charge is 0.497 e. The van der Waals surface area contributed by atoms with E-state index in [0.717, 1.165) is 29.1 Å². The van der Waals surface area contributed by atoms with Gasteiger partial charge in [-0.15, -0.1) is 0 Å². The van der Waals surface area contributed by atoms with Crippen molar-refractivity contribution in [3.05, 3.63) is 77.7 Å². The molecule has 0 spiro atoms. The van der Waals surface area contributed by atoms with Gasteiger partial charge in [-0.3, -0.25) is 14.0 Å². The summed E-state index contributed by atoms with van der Waals surface area (Å²) in [5, 5.41) is 4.56. The number of carbonyl (C=O) groups excluding carboxylic acids is 1. The molecular formula is C25H28N4O4S. The van der Waals surface area contributed by atoms with Crippen molar-refractivity contribution in [3.8, 4) is 5.75 Å². The van der Waals surface area contributed by atoms with Crippen LogP contribution in [0.25, 0.3) is 6.08 Å². The maximum absolute atomic E-state index is 13.7. The lowest BCUT2D eigenvalue weighted by atomic mass is 9.96. The summed E-state index contributed by atoms with van der Waals surface area (Å²) in [7, 11) is 1.59. The first kappa shape index (κ1) is 23.7. The van der Waals surface area contributed by atoms with E-state index in [4.69, 9.17) is 9.47 Å². The van der Waals surface area contributed by atoms with E-state index in [1.165, 1.54) is 11.3 Å². The van der Waals surface area contributed by atoms with Gasteiger partial charge in [0, 0.05) is 17.8 Å². The first-order valence-corrected chi connectivity index (χ1v) is 12.0. The Kier molecular flexibility index (Phi) is 6.56. The normalized spacial score (nSPS) is 15.8. The highest BCUT2D eigenvalue weighted by Gasteiger charge is 2.33. The third-order valence-corrected chi connectivity index (χ3v) is 6.94. The zero-order chi connectivity index (χ0) is 24.6. The second-order valence-corrected chi connectivity index (χ2v) is 8.98. The number of aryl methyl sites for hydroxylation is 2. The fourth-order valence-corrected chi connectivity index (χ4v) is 5.28. The second-order valence-electron chi connectivity index (χ2n) is 7.98. The van der Waals surface area contributed by atoms with Crippen molar-refractivity contribution in [2.45, 2.75) is 47.2 Å². The molecule has 0 aliphatic carbocycles. The SMILES string of the molecule is CCOC(=O)C1=C(C)N=c2sc(=Cc3c(C)nn(CC)c3C)c(=O)n2[C@H]1c1ccc(OC)cc1. The molecule has 1 aliphatic rings. The zero-order valence-electron chi connectivity index (χ0n) is 20.2. The number of rotatable bonds is 6. The molecule has 0 fully saturated rings. The van der Waals surface area contributed by atoms with Gasteiger partial charge in [0.2, 0.25) is 0 Å². The quantitative estimate of drug-likeness (QED) is 0.506. The fraction of sp³-hybridized carbons (Fsp3) is 0.360. The first-order chi connectivity index (χ1) is 16.3. The van der Waals surface area contributed by atoms with Crippen LogP contribution in [0.1, 0.15) is 49.3 Å². The predicted octanol–water partition coefficient (Wildman–Crippen LogP) is 2.64. The Morgan fingerprint density at radius 3 is 2.47 bits per heavy atom. The fourth-order valence-electron chi connectivity index (χ4n) is 4.25. The number of hydrogen-bond acceptors (Lipinski definition) is 7. The summed E-state index contributed by atoms with van der Waals surface area (Å²) in [5.41, 5.74) is 4.25. The molecule has 8 nitrogen and oxygen atoms in total. The molecule has 0 saturated carbocycles. The highest BCUT2D eigenvalue weighted by molar-refractivity contribution is 7.07. The van der Waals surface area contributed by atoms with Crippen LogP contribution in [0.5, 0.6) is 5.75 Å². The molecule has 4 rings (SSSR count). The summed E-state index contributed by atoms with van der Waals surface area (Å²) in [5.74, 6) is 0.211. The van der Waals surface area contributed by atoms with Gasteiger partial charge in [-0.25, -0.2) is 9.79 Å². The Balaban J connectivity index is 1.96. The summed E-state index contributed by atoms with van der Waals surface area (Å²) >= 11 is 1.31. The molecule has 178 valence electrons. The van der Waals surface area contributed by atoms with Gasteiger partial charge in [-0.05, 0) is 58.4 Å². The third kappa shape index (κ3) is 4.00. The molecule has 0 N–H and O–H groups in total. The molecule has 0 amide bonds. The third-order valence-electron chi connectivity index (χ3n) is 5.96. The number of nitrogens with zero attached hydrogens (tertiary/aromatic N) is 4. The standard InChI is InChI=1S/C25H28N4O4S/c1-7-28-16(5)19(14(3)27-28)13-20-23(30)29-22(17-9-11-18(32-6)12-10-17)21(24(31)33-8-2)15(4)26-25(29)34-20/h9-13,22H,7-8H2,1-6H3/t22-/m0/s1. The molecule has 3 heterocycles. The lowest BCUT2D eigenvalue weighted by Crippen LogP contribution is -2.39. The molecule has 0 radical (unpaired) electrons. The summed E-state index contributed by atoms with van der Waals surface area (Å²) in [6, 6.07) is 6.70. The minimum atomic E-state index is -0.649. The molecule has 3 aromatic rings. The van der Waals surface area contributed by atoms with E-state index in [1.54, 1.807) is 25.5 Å². The Bertz CT molecular complexity index is 1460. The molecule has 0 saturated heterocycles. The maximum Gasteiger partial charge on any atom is 0.338 e. The van der Waals surface area contributed by atoms with Gasteiger partial charge < -0.3 is 9.47 Å². The number of thiazole rings is 1. The highest BCUT2D eigenvalue weighted by atomic mass is 32.1. The summed E-state index contributed by atoms with van der Waals surface area (Å²) < 4.78 is 14.7. The minimum absolute atomic E-state index is 0.207. The van der Waals surface area contributed by atoms with Crippen LogP contribution in [0.3, 0.4) is 0 Å². The van der Waals surface area contributed by atoms with Crippen LogP contribution >= 0.6 is 11.3 Å². The molecule has 1 atom stereocenters. The van der Waals surface area contributed by atoms with Gasteiger partial charge in [-0.2, -0.15) is 5.10 Å². The van der Waals surface area contributed by atoms with Crippen molar-refractivity contribution >= 4 is 23.4 Å². The summed E-state index contributed by atoms with van der Waals surface area (Å²) in [4.78, 5) is 31.8. The molecule has 1 aliphatic heterocycles. The van der Waals surface area contributed by atoms with E-state index in [-0.39, 0.29) is 12.2 Å². The number of ether oxygens (including phenoxy) is 2. The van der Waals surface area contributed by atoms with Gasteiger partial charge >= 0.3 is 5.97 Å². The Morgan fingerprint density at radius 1 is 1.18 bits per heavy atom. The predicted molar refractivity (Wildman–Crippen MR) is 131 cm³/mol. The number of methoxy groups -OCH3 is 1. The summed E-state index contributed by atoms with van der Waals surface area (Å²) in [6.45, 7) is 10.5. The minimum Gasteiger partial charge on any atom is -0.497 e. The maximum atomic E-state index is 13.7. The van der Waals surface area contributed by atoms with E-state index in [1.807, 2.05) is 55.8 Å². The smallest absolute Gasteiger partial charge is 0.338 e. The van der Waals surface area contributed by atoms with Crippen molar-refractivity contribution in [2.24, 2.45) is 4.99 Å². The van der Waals surface area contributed by atoms with Crippen LogP contribution in [0.2, 0.25) is 0 Å². The average Bonchev–Trinajstić information content (AvgIpc) is 3.28. The second kappa shape index (κ2) is 9.42. The number of aromatic nitrogens is 3. The van der Waals surface area contributed by atoms with Gasteiger partial charge in [0.1, 0.15) is 5.75 Å². The van der Waals surface area contributed by atoms with Crippen molar-refractivity contribution < 1.29 is 14.3 Å². The number of allylic oxidation sites excluding steroid dienone is 1. The van der Waals surface area contributed by atoms with Crippen LogP contribution in [-0.4, -0.2) is 34.0 Å². The number of benzene rings is 1. The van der Waals surface area contributed by atoms with Crippen molar-refractivity contribution in [2.75, 3.05) is 13.7 Å². The first-order valence-electron chi connectivity index (χ1n) is 11.2. The van der Waals surface area contributed by atoms with Crippen molar-refractivity contribution in [1.82, 2.24) is 14.3 Å². The Hall–Kier alpha value is -3.46. The average molecular weight is 481 g/mol. The lowest BCUT2D eigenvalue weighted by molar-refractivity contribution is -0.139. The Morgan fingerprint density at radius 2 is 1.88 bits per heavy atom. The molecule has 2 aromatic heterocycles. The molecule has 0 bridgehead atoms. The van der Waals surface area contributed by atoms with Gasteiger partial charge in [-0.1, -0.05) is 23.5 Å². The molecule has 0 unspecified atom stereocenters. The van der Waals surface area contributed by atoms with Crippen molar-refractivity contribution in [3.63, 3.8) is 0 Å². The molecule has 34 heavy (non-hydrogen) atoms. The van der Waals surface area contributed by atoms with E-state index in [0.29, 0.717) is 26.4 Å². The van der Waals surface area contributed by atoms with E-state index in [2.05, 4.69) is 10.1 Å². The van der Waals surface area contributed by atoms with E-state index in [9.17, 15) is 9.59 Å². The van der Waals surface area contributed by atoms with Gasteiger partial charge in [0.05, 0.1) is 41.3 Å². The lowest BCUT2D eigenvalue weighted by Gasteiger charge is -2.24. The molecule has 1 aromatic carbocycles. The van der Waals surface area contributed by atoms with Crippen LogP contribution < -0.4 is 19.6 Å². The zero-order valence-corrected chi connectivity index (χ0v) is 21.0. The van der Waals surface area contributed by atoms with E-state index >= 15 is 0 Å². The van der Waals surface area contributed by atoms with Crippen LogP contribution in [0.4, 0.5) is 0 Å². The van der Waals surface area contributed by atoms with Gasteiger partial charge in [0.15, 0.2) is 4.80 Å². The number of hydrogen-bond donors (Lipinski definition) is 0. The van der Waals surface area contributed by atoms with Gasteiger partial charge in [0.25, 0.3) is 5.56 Å². The number of carbonyl (C=O) groups is 1.